The topological polar surface area (TPSA) is 93.5 Å². The average Bonchev–Trinajstić information content (AvgIpc) is 2.45. The largest absolute Gasteiger partial charge is 0.494 e. The molecule has 0 saturated carbocycles. The van der Waals surface area contributed by atoms with Crippen LogP contribution in [0.15, 0.2) is 18.2 Å². The first-order valence-corrected chi connectivity index (χ1v) is 6.51. The van der Waals surface area contributed by atoms with Crippen LogP contribution in [-0.4, -0.2) is 31.5 Å². The van der Waals surface area contributed by atoms with Crippen molar-refractivity contribution in [3.05, 3.63) is 24.0 Å². The van der Waals surface area contributed by atoms with E-state index in [0.29, 0.717) is 5.69 Å². The number of methoxy groups -OCH3 is 1. The Kier molecular flexibility index (Phi) is 6.10. The number of ether oxygens (including phenoxy) is 1. The summed E-state index contributed by atoms with van der Waals surface area (Å²) in [7, 11) is 1.37. The number of rotatable bonds is 6. The highest BCUT2D eigenvalue weighted by atomic mass is 19.1. The Hall–Kier alpha value is -2.15. The van der Waals surface area contributed by atoms with E-state index in [0.717, 1.165) is 6.07 Å². The Balaban J connectivity index is 2.57. The summed E-state index contributed by atoms with van der Waals surface area (Å²) < 4.78 is 18.0. The molecule has 0 aromatic heterocycles. The van der Waals surface area contributed by atoms with Crippen LogP contribution in [-0.2, 0) is 9.59 Å². The van der Waals surface area contributed by atoms with E-state index in [4.69, 9.17) is 10.5 Å². The van der Waals surface area contributed by atoms with E-state index in [1.54, 1.807) is 0 Å². The van der Waals surface area contributed by atoms with Gasteiger partial charge in [-0.3, -0.25) is 9.59 Å². The zero-order valence-corrected chi connectivity index (χ0v) is 12.3. The van der Waals surface area contributed by atoms with E-state index >= 15 is 0 Å². The third kappa shape index (κ3) is 5.03. The molecule has 1 atom stereocenters. The monoisotopic (exact) mass is 297 g/mol. The summed E-state index contributed by atoms with van der Waals surface area (Å²) in [6, 6.07) is 3.07. The maximum Gasteiger partial charge on any atom is 0.243 e. The zero-order valence-electron chi connectivity index (χ0n) is 12.3. The van der Waals surface area contributed by atoms with Crippen LogP contribution in [0.25, 0.3) is 0 Å². The fraction of sp³-hybridized carbons (Fsp3) is 0.429. The van der Waals surface area contributed by atoms with Crippen LogP contribution in [0.3, 0.4) is 0 Å². The van der Waals surface area contributed by atoms with Crippen LogP contribution in [0, 0.1) is 11.7 Å². The number of benzene rings is 1. The molecule has 0 aliphatic rings. The summed E-state index contributed by atoms with van der Waals surface area (Å²) in [5, 5.41) is 4.97. The second-order valence-corrected chi connectivity index (χ2v) is 4.88. The van der Waals surface area contributed by atoms with Crippen molar-refractivity contribution >= 4 is 17.5 Å². The molecule has 0 aliphatic carbocycles. The molecule has 116 valence electrons. The standard InChI is InChI=1S/C14H20FN3O3/c1-8(2)13(16)14(20)17-7-12(19)18-10-5-4-9(15)6-11(10)21-3/h4-6,8,13H,7,16H2,1-3H3,(H,17,20)(H,18,19)/t13-/m0/s1. The second kappa shape index (κ2) is 7.58. The van der Waals surface area contributed by atoms with Gasteiger partial charge in [0.15, 0.2) is 0 Å². The van der Waals surface area contributed by atoms with E-state index in [9.17, 15) is 14.0 Å². The highest BCUT2D eigenvalue weighted by Gasteiger charge is 2.18. The number of nitrogens with two attached hydrogens (primary N) is 1. The summed E-state index contributed by atoms with van der Waals surface area (Å²) in [6.45, 7) is 3.40. The number of hydrogen-bond acceptors (Lipinski definition) is 4. The average molecular weight is 297 g/mol. The lowest BCUT2D eigenvalue weighted by atomic mass is 10.1. The smallest absolute Gasteiger partial charge is 0.243 e. The lowest BCUT2D eigenvalue weighted by Gasteiger charge is -2.15. The lowest BCUT2D eigenvalue weighted by molar-refractivity contribution is -0.125. The first kappa shape index (κ1) is 16.9. The van der Waals surface area contributed by atoms with Crippen LogP contribution >= 0.6 is 0 Å². The molecule has 1 aromatic rings. The number of halogens is 1. The van der Waals surface area contributed by atoms with E-state index in [1.165, 1.54) is 19.2 Å². The Labute approximate surface area is 122 Å². The molecule has 0 radical (unpaired) electrons. The number of anilines is 1. The molecular formula is C14H20FN3O3. The predicted molar refractivity (Wildman–Crippen MR) is 77.4 cm³/mol. The third-order valence-electron chi connectivity index (χ3n) is 2.88. The van der Waals surface area contributed by atoms with Crippen molar-refractivity contribution < 1.29 is 18.7 Å². The van der Waals surface area contributed by atoms with Crippen molar-refractivity contribution in [1.82, 2.24) is 5.32 Å². The van der Waals surface area contributed by atoms with Gasteiger partial charge in [0.1, 0.15) is 11.6 Å². The summed E-state index contributed by atoms with van der Waals surface area (Å²) in [5.74, 6) is -1.14. The van der Waals surface area contributed by atoms with E-state index in [-0.39, 0.29) is 18.2 Å². The van der Waals surface area contributed by atoms with Crippen molar-refractivity contribution in [2.24, 2.45) is 11.7 Å². The minimum Gasteiger partial charge on any atom is -0.494 e. The molecule has 0 unspecified atom stereocenters. The summed E-state index contributed by atoms with van der Waals surface area (Å²) in [5.41, 5.74) is 5.98. The quantitative estimate of drug-likeness (QED) is 0.726. The molecular weight excluding hydrogens is 277 g/mol. The molecule has 0 spiro atoms. The molecule has 0 heterocycles. The van der Waals surface area contributed by atoms with Crippen LogP contribution in [0.5, 0.6) is 5.75 Å². The Morgan fingerprint density at radius 2 is 2.05 bits per heavy atom. The van der Waals surface area contributed by atoms with Crippen LogP contribution in [0.2, 0.25) is 0 Å². The summed E-state index contributed by atoms with van der Waals surface area (Å²) in [4.78, 5) is 23.4. The molecule has 0 fully saturated rings. The molecule has 7 heteroatoms. The van der Waals surface area contributed by atoms with E-state index in [2.05, 4.69) is 10.6 Å². The Morgan fingerprint density at radius 3 is 2.62 bits per heavy atom. The number of carbonyl (C=O) groups excluding carboxylic acids is 2. The molecule has 2 amide bonds. The van der Waals surface area contributed by atoms with Gasteiger partial charge in [-0.2, -0.15) is 0 Å². The van der Waals surface area contributed by atoms with Gasteiger partial charge >= 0.3 is 0 Å². The number of nitrogens with one attached hydrogen (secondary N) is 2. The first-order chi connectivity index (χ1) is 9.85. The fourth-order valence-corrected chi connectivity index (χ4v) is 1.55. The molecule has 0 bridgehead atoms. The number of carbonyl (C=O) groups is 2. The molecule has 21 heavy (non-hydrogen) atoms. The van der Waals surface area contributed by atoms with Gasteiger partial charge in [-0.05, 0) is 18.1 Å². The SMILES string of the molecule is COc1cc(F)ccc1NC(=O)CNC(=O)[C@@H](N)C(C)C. The normalized spacial score (nSPS) is 11.9. The van der Waals surface area contributed by atoms with Crippen LogP contribution in [0.4, 0.5) is 10.1 Å². The first-order valence-electron chi connectivity index (χ1n) is 6.51. The maximum absolute atomic E-state index is 13.0. The summed E-state index contributed by atoms with van der Waals surface area (Å²) in [6.07, 6.45) is 0. The molecule has 0 saturated heterocycles. The van der Waals surface area contributed by atoms with Crippen LogP contribution < -0.4 is 21.1 Å². The summed E-state index contributed by atoms with van der Waals surface area (Å²) >= 11 is 0. The predicted octanol–water partition coefficient (Wildman–Crippen LogP) is 0.872. The Morgan fingerprint density at radius 1 is 1.38 bits per heavy atom. The fourth-order valence-electron chi connectivity index (χ4n) is 1.55. The molecule has 1 rings (SSSR count). The van der Waals surface area contributed by atoms with Gasteiger partial charge in [0.2, 0.25) is 11.8 Å². The van der Waals surface area contributed by atoms with Gasteiger partial charge in [0.05, 0.1) is 25.4 Å². The van der Waals surface area contributed by atoms with Gasteiger partial charge in [-0.15, -0.1) is 0 Å². The number of hydrogen-bond donors (Lipinski definition) is 3. The molecule has 1 aromatic carbocycles. The van der Waals surface area contributed by atoms with E-state index < -0.39 is 23.7 Å². The van der Waals surface area contributed by atoms with Gasteiger partial charge < -0.3 is 21.1 Å². The van der Waals surface area contributed by atoms with Crippen molar-refractivity contribution in [3.63, 3.8) is 0 Å². The second-order valence-electron chi connectivity index (χ2n) is 4.88. The van der Waals surface area contributed by atoms with Crippen molar-refractivity contribution in [1.29, 1.82) is 0 Å². The molecule has 0 aliphatic heterocycles. The molecule has 6 nitrogen and oxygen atoms in total. The van der Waals surface area contributed by atoms with Gasteiger partial charge in [-0.1, -0.05) is 13.8 Å². The van der Waals surface area contributed by atoms with Gasteiger partial charge in [0.25, 0.3) is 0 Å². The van der Waals surface area contributed by atoms with Crippen molar-refractivity contribution in [3.8, 4) is 5.75 Å². The lowest BCUT2D eigenvalue weighted by Crippen LogP contribution is -2.46. The number of amides is 2. The zero-order chi connectivity index (χ0) is 16.0. The van der Waals surface area contributed by atoms with Crippen LogP contribution in [0.1, 0.15) is 13.8 Å². The van der Waals surface area contributed by atoms with Gasteiger partial charge in [-0.25, -0.2) is 4.39 Å². The van der Waals surface area contributed by atoms with Gasteiger partial charge in [0, 0.05) is 6.07 Å². The molecule has 4 N–H and O–H groups in total. The van der Waals surface area contributed by atoms with E-state index in [1.807, 2.05) is 13.8 Å². The van der Waals surface area contributed by atoms with Crippen molar-refractivity contribution in [2.45, 2.75) is 19.9 Å². The minimum atomic E-state index is -0.668. The highest BCUT2D eigenvalue weighted by Crippen LogP contribution is 2.24. The Bertz CT molecular complexity index is 520. The third-order valence-corrected chi connectivity index (χ3v) is 2.88. The van der Waals surface area contributed by atoms with Crippen molar-refractivity contribution in [2.75, 3.05) is 19.0 Å². The highest BCUT2D eigenvalue weighted by molar-refractivity contribution is 5.96. The minimum absolute atomic E-state index is 0.0229. The maximum atomic E-state index is 13.0.